The van der Waals surface area contributed by atoms with Gasteiger partial charge in [0, 0.05) is 17.9 Å². The standard InChI is InChI=1S/C18H19BrN2O5S.C2H6/c1-17-15(23)21-13(10-7-9(25-3)5-6-12(10)19)11(14(22)26-4)8-18(21,27-17)16(24)20(17)2;1-2/h5-7,11,13H,8H2,1-4H3;1-2H3. The molecule has 0 N–H and O–H groups in total. The second-order valence-electron chi connectivity index (χ2n) is 7.07. The molecule has 0 aromatic heterocycles. The zero-order chi connectivity index (χ0) is 21.7. The number of amides is 2. The molecule has 1 aromatic rings. The van der Waals surface area contributed by atoms with Crippen molar-refractivity contribution in [2.75, 3.05) is 21.3 Å². The van der Waals surface area contributed by atoms with Gasteiger partial charge in [-0.3, -0.25) is 14.4 Å². The van der Waals surface area contributed by atoms with E-state index in [-0.39, 0.29) is 18.2 Å². The summed E-state index contributed by atoms with van der Waals surface area (Å²) in [7, 11) is 4.52. The molecule has 1 aromatic carbocycles. The molecule has 158 valence electrons. The third-order valence-electron chi connectivity index (χ3n) is 5.83. The highest BCUT2D eigenvalue weighted by atomic mass is 79.9. The van der Waals surface area contributed by atoms with Crippen LogP contribution in [0.2, 0.25) is 0 Å². The van der Waals surface area contributed by atoms with E-state index in [2.05, 4.69) is 15.9 Å². The van der Waals surface area contributed by atoms with Crippen LogP contribution >= 0.6 is 27.7 Å². The normalized spacial score (nSPS) is 32.1. The van der Waals surface area contributed by atoms with Crippen molar-refractivity contribution in [2.24, 2.45) is 5.92 Å². The third kappa shape index (κ3) is 2.80. The quantitative estimate of drug-likeness (QED) is 0.613. The van der Waals surface area contributed by atoms with Crippen LogP contribution in [-0.4, -0.2) is 58.6 Å². The number of fused-ring (bicyclic) bond motifs is 1. The van der Waals surface area contributed by atoms with E-state index in [1.807, 2.05) is 19.9 Å². The molecule has 9 heteroatoms. The van der Waals surface area contributed by atoms with Crippen molar-refractivity contribution in [3.8, 4) is 5.75 Å². The lowest BCUT2D eigenvalue weighted by molar-refractivity contribution is -0.159. The van der Waals surface area contributed by atoms with Crippen LogP contribution in [0.4, 0.5) is 0 Å². The van der Waals surface area contributed by atoms with Crippen LogP contribution in [0.15, 0.2) is 22.7 Å². The van der Waals surface area contributed by atoms with E-state index in [0.29, 0.717) is 5.75 Å². The summed E-state index contributed by atoms with van der Waals surface area (Å²) in [4.78, 5) is 40.1. The smallest absolute Gasteiger partial charge is 0.311 e. The SMILES string of the molecule is CC.COC(=O)C1CC23SC(C)(C(=O)N2C1c1cc(OC)ccc1Br)N(C)C3=O. The highest BCUT2D eigenvalue weighted by Crippen LogP contribution is 2.66. The van der Waals surface area contributed by atoms with Crippen molar-refractivity contribution in [1.29, 1.82) is 0 Å². The van der Waals surface area contributed by atoms with E-state index < -0.39 is 27.7 Å². The van der Waals surface area contributed by atoms with Crippen LogP contribution < -0.4 is 4.74 Å². The number of ether oxygens (including phenoxy) is 2. The van der Waals surface area contributed by atoms with Gasteiger partial charge in [0.25, 0.3) is 11.8 Å². The van der Waals surface area contributed by atoms with Crippen LogP contribution in [0.3, 0.4) is 0 Å². The lowest BCUT2D eigenvalue weighted by atomic mass is 9.92. The highest BCUT2D eigenvalue weighted by molar-refractivity contribution is 9.10. The average molecular weight is 485 g/mol. The molecular weight excluding hydrogens is 460 g/mol. The van der Waals surface area contributed by atoms with Crippen molar-refractivity contribution < 1.29 is 23.9 Å². The fourth-order valence-corrected chi connectivity index (χ4v) is 6.71. The predicted octanol–water partition coefficient (Wildman–Crippen LogP) is 3.18. The Morgan fingerprint density at radius 2 is 1.90 bits per heavy atom. The molecule has 3 heterocycles. The molecule has 1 spiro atoms. The Kier molecular flexibility index (Phi) is 5.68. The molecule has 0 radical (unpaired) electrons. The lowest BCUT2D eigenvalue weighted by Gasteiger charge is -2.39. The molecule has 2 bridgehead atoms. The molecule has 4 atom stereocenters. The summed E-state index contributed by atoms with van der Waals surface area (Å²) in [5, 5.41) is 0. The molecule has 3 saturated heterocycles. The van der Waals surface area contributed by atoms with E-state index in [1.54, 1.807) is 38.1 Å². The number of hydrogen-bond donors (Lipinski definition) is 0. The minimum atomic E-state index is -1.08. The van der Waals surface area contributed by atoms with Gasteiger partial charge in [-0.15, -0.1) is 0 Å². The van der Waals surface area contributed by atoms with Gasteiger partial charge in [-0.2, -0.15) is 0 Å². The Morgan fingerprint density at radius 1 is 1.24 bits per heavy atom. The third-order valence-corrected chi connectivity index (χ3v) is 8.28. The largest absolute Gasteiger partial charge is 0.497 e. The summed E-state index contributed by atoms with van der Waals surface area (Å²) in [6.45, 7) is 5.76. The number of rotatable bonds is 3. The minimum absolute atomic E-state index is 0.148. The summed E-state index contributed by atoms with van der Waals surface area (Å²) >= 11 is 4.85. The van der Waals surface area contributed by atoms with Gasteiger partial charge in [-0.05, 0) is 30.7 Å². The van der Waals surface area contributed by atoms with E-state index in [4.69, 9.17) is 9.47 Å². The van der Waals surface area contributed by atoms with Crippen molar-refractivity contribution >= 4 is 45.5 Å². The maximum Gasteiger partial charge on any atom is 0.311 e. The number of benzene rings is 1. The van der Waals surface area contributed by atoms with Crippen LogP contribution in [-0.2, 0) is 19.1 Å². The molecule has 29 heavy (non-hydrogen) atoms. The maximum absolute atomic E-state index is 13.3. The van der Waals surface area contributed by atoms with Gasteiger partial charge in [0.2, 0.25) is 0 Å². The molecular formula is C20H25BrN2O5S. The zero-order valence-electron chi connectivity index (χ0n) is 17.3. The second kappa shape index (κ2) is 7.50. The van der Waals surface area contributed by atoms with E-state index in [1.165, 1.54) is 23.8 Å². The molecule has 3 aliphatic heterocycles. The number of carbonyl (C=O) groups is 3. The van der Waals surface area contributed by atoms with Crippen molar-refractivity contribution in [2.45, 2.75) is 43.0 Å². The van der Waals surface area contributed by atoms with Crippen LogP contribution in [0.5, 0.6) is 5.75 Å². The number of nitrogens with zero attached hydrogens (tertiary/aromatic N) is 2. The lowest BCUT2D eigenvalue weighted by Crippen LogP contribution is -2.60. The summed E-state index contributed by atoms with van der Waals surface area (Å²) in [6.07, 6.45) is 0.225. The zero-order valence-corrected chi connectivity index (χ0v) is 19.7. The van der Waals surface area contributed by atoms with E-state index in [9.17, 15) is 14.4 Å². The fourth-order valence-electron chi connectivity index (χ4n) is 4.39. The number of esters is 1. The van der Waals surface area contributed by atoms with Crippen molar-refractivity contribution in [1.82, 2.24) is 9.80 Å². The Hall–Kier alpha value is -1.74. The first-order chi connectivity index (χ1) is 13.7. The second-order valence-corrected chi connectivity index (χ2v) is 9.60. The number of piperazine rings is 1. The first kappa shape index (κ1) is 22.0. The first-order valence-electron chi connectivity index (χ1n) is 9.44. The summed E-state index contributed by atoms with van der Waals surface area (Å²) in [5.41, 5.74) is 0.724. The van der Waals surface area contributed by atoms with Gasteiger partial charge in [-0.25, -0.2) is 0 Å². The Morgan fingerprint density at radius 3 is 2.48 bits per heavy atom. The molecule has 0 saturated carbocycles. The van der Waals surface area contributed by atoms with E-state index in [0.717, 1.165) is 10.0 Å². The Labute approximate surface area is 183 Å². The Balaban J connectivity index is 0.00000117. The molecule has 3 fully saturated rings. The number of methoxy groups -OCH3 is 2. The molecule has 7 nitrogen and oxygen atoms in total. The molecule has 4 rings (SSSR count). The Bertz CT molecular complexity index is 880. The first-order valence-corrected chi connectivity index (χ1v) is 11.1. The summed E-state index contributed by atoms with van der Waals surface area (Å²) in [6, 6.07) is 4.79. The van der Waals surface area contributed by atoms with Crippen LogP contribution in [0.25, 0.3) is 0 Å². The number of carbonyl (C=O) groups excluding carboxylic acids is 3. The van der Waals surface area contributed by atoms with Crippen molar-refractivity contribution in [3.63, 3.8) is 0 Å². The van der Waals surface area contributed by atoms with Gasteiger partial charge >= 0.3 is 5.97 Å². The van der Waals surface area contributed by atoms with Crippen LogP contribution in [0.1, 0.15) is 38.8 Å². The minimum Gasteiger partial charge on any atom is -0.497 e. The summed E-state index contributed by atoms with van der Waals surface area (Å²) < 4.78 is 11.1. The van der Waals surface area contributed by atoms with Gasteiger partial charge in [0.05, 0.1) is 26.2 Å². The van der Waals surface area contributed by atoms with Gasteiger partial charge in [-0.1, -0.05) is 41.5 Å². The molecule has 4 unspecified atom stereocenters. The monoisotopic (exact) mass is 484 g/mol. The van der Waals surface area contributed by atoms with Crippen LogP contribution in [0, 0.1) is 5.92 Å². The number of thioether (sulfide) groups is 1. The maximum atomic E-state index is 13.3. The predicted molar refractivity (Wildman–Crippen MR) is 113 cm³/mol. The van der Waals surface area contributed by atoms with Gasteiger partial charge < -0.3 is 19.3 Å². The van der Waals surface area contributed by atoms with E-state index >= 15 is 0 Å². The number of likely N-dealkylation sites (N-methyl/N-ethyl adjacent to an activating group) is 1. The molecule has 2 amide bonds. The number of hydrogen-bond acceptors (Lipinski definition) is 6. The van der Waals surface area contributed by atoms with Gasteiger partial charge in [0.15, 0.2) is 9.74 Å². The summed E-state index contributed by atoms with van der Waals surface area (Å²) in [5.74, 6) is -0.784. The number of halogens is 1. The molecule has 0 aliphatic carbocycles. The van der Waals surface area contributed by atoms with Crippen molar-refractivity contribution in [3.05, 3.63) is 28.2 Å². The average Bonchev–Trinajstić information content (AvgIpc) is 3.25. The van der Waals surface area contributed by atoms with Gasteiger partial charge in [0.1, 0.15) is 5.75 Å². The fraction of sp³-hybridized carbons (Fsp3) is 0.550. The highest BCUT2D eigenvalue weighted by Gasteiger charge is 2.77. The topological polar surface area (TPSA) is 76.2 Å². The molecule has 3 aliphatic rings.